The van der Waals surface area contributed by atoms with Crippen LogP contribution in [0.15, 0.2) is 18.2 Å². The van der Waals surface area contributed by atoms with Gasteiger partial charge in [-0.25, -0.2) is 4.39 Å². The molecule has 2 rings (SSSR count). The molecule has 0 aliphatic heterocycles. The summed E-state index contributed by atoms with van der Waals surface area (Å²) in [4.78, 5) is 0. The quantitative estimate of drug-likeness (QED) is 0.772. The fourth-order valence-electron chi connectivity index (χ4n) is 2.24. The molecule has 0 saturated heterocycles. The molecule has 17 heavy (non-hydrogen) atoms. The van der Waals surface area contributed by atoms with E-state index in [1.165, 1.54) is 12.1 Å². The van der Waals surface area contributed by atoms with Crippen molar-refractivity contribution in [2.75, 3.05) is 11.1 Å². The van der Waals surface area contributed by atoms with E-state index in [0.717, 1.165) is 25.7 Å². The summed E-state index contributed by atoms with van der Waals surface area (Å²) in [5.41, 5.74) is 7.00. The molecule has 1 saturated carbocycles. The second-order valence-electron chi connectivity index (χ2n) is 4.55. The standard InChI is InChI=1S/C13H16FN3/c14-10-3-6-12(16)13(7-10)17-11-4-1-9(8-15)2-5-11/h3,6-7,9,11,17H,1-2,4-5,16H2. The van der Waals surface area contributed by atoms with Crippen molar-refractivity contribution in [1.82, 2.24) is 0 Å². The Balaban J connectivity index is 1.98. The number of hydrogen-bond donors (Lipinski definition) is 2. The Morgan fingerprint density at radius 1 is 1.29 bits per heavy atom. The molecule has 3 nitrogen and oxygen atoms in total. The van der Waals surface area contributed by atoms with Gasteiger partial charge in [-0.2, -0.15) is 5.26 Å². The Labute approximate surface area is 100 Å². The number of nitrogens with two attached hydrogens (primary N) is 1. The lowest BCUT2D eigenvalue weighted by Crippen LogP contribution is -2.26. The van der Waals surface area contributed by atoms with Gasteiger partial charge in [0.05, 0.1) is 17.4 Å². The molecule has 4 heteroatoms. The number of rotatable bonds is 2. The Bertz CT molecular complexity index is 431. The maximum absolute atomic E-state index is 13.1. The molecule has 0 aromatic heterocycles. The third-order valence-corrected chi connectivity index (χ3v) is 3.28. The van der Waals surface area contributed by atoms with Crippen LogP contribution in [0.2, 0.25) is 0 Å². The van der Waals surface area contributed by atoms with E-state index in [1.54, 1.807) is 6.07 Å². The van der Waals surface area contributed by atoms with Crippen molar-refractivity contribution in [3.63, 3.8) is 0 Å². The van der Waals surface area contributed by atoms with Gasteiger partial charge in [0.15, 0.2) is 0 Å². The number of nitrogens with one attached hydrogen (secondary N) is 1. The number of hydrogen-bond acceptors (Lipinski definition) is 3. The number of nitrogen functional groups attached to an aromatic ring is 1. The van der Waals surface area contributed by atoms with Crippen LogP contribution in [0.5, 0.6) is 0 Å². The Morgan fingerprint density at radius 2 is 2.00 bits per heavy atom. The molecule has 0 bridgehead atoms. The molecule has 0 unspecified atom stereocenters. The largest absolute Gasteiger partial charge is 0.397 e. The predicted octanol–water partition coefficient (Wildman–Crippen LogP) is 2.90. The van der Waals surface area contributed by atoms with Gasteiger partial charge in [-0.1, -0.05) is 0 Å². The third-order valence-electron chi connectivity index (χ3n) is 3.28. The highest BCUT2D eigenvalue weighted by molar-refractivity contribution is 5.66. The zero-order chi connectivity index (χ0) is 12.3. The number of anilines is 2. The summed E-state index contributed by atoms with van der Waals surface area (Å²) in [5.74, 6) is -0.106. The van der Waals surface area contributed by atoms with Crippen molar-refractivity contribution in [3.05, 3.63) is 24.0 Å². The summed E-state index contributed by atoms with van der Waals surface area (Å²) in [6, 6.07) is 6.94. The number of nitrogens with zero attached hydrogens (tertiary/aromatic N) is 1. The van der Waals surface area contributed by atoms with E-state index in [2.05, 4.69) is 11.4 Å². The third kappa shape index (κ3) is 2.88. The lowest BCUT2D eigenvalue weighted by Gasteiger charge is -2.27. The average Bonchev–Trinajstić information content (AvgIpc) is 2.35. The molecule has 0 atom stereocenters. The van der Waals surface area contributed by atoms with Crippen LogP contribution in [0, 0.1) is 23.1 Å². The molecule has 0 radical (unpaired) electrons. The average molecular weight is 233 g/mol. The van der Waals surface area contributed by atoms with Crippen LogP contribution in [0.25, 0.3) is 0 Å². The van der Waals surface area contributed by atoms with Gasteiger partial charge < -0.3 is 11.1 Å². The number of nitriles is 1. The van der Waals surface area contributed by atoms with Crippen molar-refractivity contribution in [2.24, 2.45) is 5.92 Å². The second-order valence-corrected chi connectivity index (χ2v) is 4.55. The van der Waals surface area contributed by atoms with Crippen LogP contribution in [0.1, 0.15) is 25.7 Å². The Morgan fingerprint density at radius 3 is 2.65 bits per heavy atom. The minimum absolute atomic E-state index is 0.179. The van der Waals surface area contributed by atoms with Gasteiger partial charge in [-0.05, 0) is 43.9 Å². The van der Waals surface area contributed by atoms with E-state index < -0.39 is 0 Å². The van der Waals surface area contributed by atoms with Crippen molar-refractivity contribution in [2.45, 2.75) is 31.7 Å². The van der Waals surface area contributed by atoms with Crippen LogP contribution in [-0.2, 0) is 0 Å². The summed E-state index contributed by atoms with van der Waals surface area (Å²) < 4.78 is 13.1. The van der Waals surface area contributed by atoms with Crippen LogP contribution in [0.4, 0.5) is 15.8 Å². The first-order valence-corrected chi connectivity index (χ1v) is 5.90. The molecule has 1 aromatic carbocycles. The SMILES string of the molecule is N#CC1CCC(Nc2cc(F)ccc2N)CC1. The van der Waals surface area contributed by atoms with Crippen molar-refractivity contribution < 1.29 is 4.39 Å². The summed E-state index contributed by atoms with van der Waals surface area (Å²) in [7, 11) is 0. The molecule has 90 valence electrons. The van der Waals surface area contributed by atoms with Gasteiger partial charge in [0.2, 0.25) is 0 Å². The topological polar surface area (TPSA) is 61.8 Å². The number of halogens is 1. The summed E-state index contributed by atoms with van der Waals surface area (Å²) >= 11 is 0. The van der Waals surface area contributed by atoms with E-state index in [0.29, 0.717) is 17.4 Å². The normalized spacial score (nSPS) is 24.0. The van der Waals surface area contributed by atoms with E-state index in [-0.39, 0.29) is 11.7 Å². The van der Waals surface area contributed by atoms with Gasteiger partial charge in [-0.15, -0.1) is 0 Å². The summed E-state index contributed by atoms with van der Waals surface area (Å²) in [5, 5.41) is 12.1. The van der Waals surface area contributed by atoms with Crippen LogP contribution in [0.3, 0.4) is 0 Å². The molecule has 1 aliphatic carbocycles. The van der Waals surface area contributed by atoms with E-state index >= 15 is 0 Å². The van der Waals surface area contributed by atoms with Gasteiger partial charge in [0.1, 0.15) is 5.82 Å². The fourth-order valence-corrected chi connectivity index (χ4v) is 2.24. The van der Waals surface area contributed by atoms with E-state index in [9.17, 15) is 4.39 Å². The lowest BCUT2D eigenvalue weighted by molar-refractivity contribution is 0.397. The predicted molar refractivity (Wildman–Crippen MR) is 65.8 cm³/mol. The molecule has 0 spiro atoms. The molecule has 1 fully saturated rings. The van der Waals surface area contributed by atoms with Crippen LogP contribution in [-0.4, -0.2) is 6.04 Å². The minimum atomic E-state index is -0.285. The molecule has 3 N–H and O–H groups in total. The lowest BCUT2D eigenvalue weighted by atomic mass is 9.87. The highest BCUT2D eigenvalue weighted by Gasteiger charge is 2.21. The van der Waals surface area contributed by atoms with Crippen LogP contribution >= 0.6 is 0 Å². The monoisotopic (exact) mass is 233 g/mol. The maximum atomic E-state index is 13.1. The van der Waals surface area contributed by atoms with Gasteiger partial charge in [0.25, 0.3) is 0 Å². The van der Waals surface area contributed by atoms with Crippen molar-refractivity contribution in [3.8, 4) is 6.07 Å². The van der Waals surface area contributed by atoms with Gasteiger partial charge in [0, 0.05) is 12.0 Å². The highest BCUT2D eigenvalue weighted by atomic mass is 19.1. The zero-order valence-electron chi connectivity index (χ0n) is 9.62. The molecule has 1 aromatic rings. The second kappa shape index (κ2) is 5.05. The van der Waals surface area contributed by atoms with E-state index in [1.807, 2.05) is 0 Å². The molecule has 1 aliphatic rings. The smallest absolute Gasteiger partial charge is 0.125 e. The molecule has 0 amide bonds. The first-order valence-electron chi connectivity index (χ1n) is 5.90. The molecule has 0 heterocycles. The van der Waals surface area contributed by atoms with Gasteiger partial charge >= 0.3 is 0 Å². The fraction of sp³-hybridized carbons (Fsp3) is 0.462. The first-order chi connectivity index (χ1) is 8.19. The zero-order valence-corrected chi connectivity index (χ0v) is 9.62. The molecular formula is C13H16FN3. The van der Waals surface area contributed by atoms with Crippen molar-refractivity contribution in [1.29, 1.82) is 5.26 Å². The minimum Gasteiger partial charge on any atom is -0.397 e. The summed E-state index contributed by atoms with van der Waals surface area (Å²) in [6.07, 6.45) is 3.69. The maximum Gasteiger partial charge on any atom is 0.125 e. The number of benzene rings is 1. The van der Waals surface area contributed by atoms with Crippen molar-refractivity contribution >= 4 is 11.4 Å². The molecular weight excluding hydrogens is 217 g/mol. The van der Waals surface area contributed by atoms with E-state index in [4.69, 9.17) is 11.0 Å². The summed E-state index contributed by atoms with van der Waals surface area (Å²) in [6.45, 7) is 0. The highest BCUT2D eigenvalue weighted by Crippen LogP contribution is 2.28. The Kier molecular flexibility index (Phi) is 3.48. The first kappa shape index (κ1) is 11.7. The Hall–Kier alpha value is -1.76. The van der Waals surface area contributed by atoms with Gasteiger partial charge in [-0.3, -0.25) is 0 Å². The van der Waals surface area contributed by atoms with Crippen LogP contribution < -0.4 is 11.1 Å².